The Balaban J connectivity index is 1.18. The quantitative estimate of drug-likeness (QED) is 0.136. The van der Waals surface area contributed by atoms with Crippen LogP contribution in [-0.4, -0.2) is 68.1 Å². The average molecular weight is 626 g/mol. The van der Waals surface area contributed by atoms with E-state index in [0.29, 0.717) is 29.3 Å². The van der Waals surface area contributed by atoms with Crippen LogP contribution in [0.25, 0.3) is 55.6 Å². The molecular weight excluding hydrogens is 593 g/mol. The molecule has 7 aromatic rings. The minimum atomic E-state index is -0.324. The number of nitrogens with one attached hydrogen (secondary N) is 4. The van der Waals surface area contributed by atoms with Crippen molar-refractivity contribution in [3.63, 3.8) is 0 Å². The molecule has 0 aliphatic carbocycles. The molecule has 4 N–H and O–H groups in total. The largest absolute Gasteiger partial charge is 0.384 e. The van der Waals surface area contributed by atoms with Gasteiger partial charge < -0.3 is 20.5 Å². The predicted molar refractivity (Wildman–Crippen MR) is 183 cm³/mol. The zero-order valence-corrected chi connectivity index (χ0v) is 25.9. The predicted octanol–water partition coefficient (Wildman–Crippen LogP) is 6.52. The lowest BCUT2D eigenvalue weighted by Gasteiger charge is -2.13. The highest BCUT2D eigenvalue weighted by atomic mass is 19.1. The molecule has 0 radical (unpaired) electrons. The minimum absolute atomic E-state index is 0.126. The van der Waals surface area contributed by atoms with Crippen molar-refractivity contribution < 1.29 is 9.18 Å². The Hall–Kier alpha value is -5.94. The van der Waals surface area contributed by atoms with E-state index in [1.807, 2.05) is 68.7 Å². The highest BCUT2D eigenvalue weighted by Gasteiger charge is 2.16. The summed E-state index contributed by atoms with van der Waals surface area (Å²) >= 11 is 0. The zero-order chi connectivity index (χ0) is 32.3. The molecule has 7 rings (SSSR count). The first-order valence-corrected chi connectivity index (χ1v) is 15.2. The second kappa shape index (κ2) is 12.8. The molecule has 0 atom stereocenters. The third-order valence-electron chi connectivity index (χ3n) is 7.87. The lowest BCUT2D eigenvalue weighted by molar-refractivity contribution is -0.115. The highest BCUT2D eigenvalue weighted by Crippen LogP contribution is 2.35. The van der Waals surface area contributed by atoms with Gasteiger partial charge in [0.05, 0.1) is 53.1 Å². The van der Waals surface area contributed by atoms with Crippen LogP contribution in [0.3, 0.4) is 0 Å². The van der Waals surface area contributed by atoms with Crippen LogP contribution >= 0.6 is 0 Å². The van der Waals surface area contributed by atoms with E-state index in [9.17, 15) is 9.18 Å². The van der Waals surface area contributed by atoms with Crippen LogP contribution in [0, 0.1) is 5.82 Å². The second-order valence-electron chi connectivity index (χ2n) is 11.7. The molecule has 0 bridgehead atoms. The number of H-pyrrole nitrogens is 2. The van der Waals surface area contributed by atoms with Crippen molar-refractivity contribution in [2.24, 2.45) is 0 Å². The Bertz CT molecular complexity index is 2210. The van der Waals surface area contributed by atoms with Gasteiger partial charge in [-0.3, -0.25) is 24.8 Å². The standard InChI is InChI=1S/C36H32FN9O/c1-46(2)9-8-40-26-12-23(11-25(37)14-26)30-19-39-20-33-28(30)15-32(43-33)36-29-16-31(41-21-34(29)44-45-36)24-13-27(18-38-17-24)42-35(47)10-22-6-4-3-5-7-22/h3-7,11-21,40,43H,8-10H2,1-2H3,(H,42,47)(H,44,45). The van der Waals surface area contributed by atoms with Crippen molar-refractivity contribution in [2.75, 3.05) is 37.8 Å². The maximum atomic E-state index is 14.7. The van der Waals surface area contributed by atoms with E-state index in [0.717, 1.165) is 56.3 Å². The van der Waals surface area contributed by atoms with Gasteiger partial charge in [0.25, 0.3) is 0 Å². The molecule has 2 aromatic carbocycles. The van der Waals surface area contributed by atoms with Gasteiger partial charge in [0.1, 0.15) is 11.5 Å². The molecule has 11 heteroatoms. The van der Waals surface area contributed by atoms with Gasteiger partial charge in [0.15, 0.2) is 0 Å². The van der Waals surface area contributed by atoms with E-state index in [1.54, 1.807) is 31.0 Å². The first kappa shape index (κ1) is 29.8. The molecule has 0 saturated heterocycles. The number of amides is 1. The Kier molecular flexibility index (Phi) is 8.11. The topological polar surface area (TPSA) is 128 Å². The van der Waals surface area contributed by atoms with Crippen LogP contribution in [0.4, 0.5) is 15.8 Å². The summed E-state index contributed by atoms with van der Waals surface area (Å²) in [6.45, 7) is 1.52. The lowest BCUT2D eigenvalue weighted by atomic mass is 10.0. The van der Waals surface area contributed by atoms with Gasteiger partial charge in [0, 0.05) is 53.1 Å². The molecule has 0 unspecified atom stereocenters. The van der Waals surface area contributed by atoms with Gasteiger partial charge in [-0.2, -0.15) is 5.10 Å². The number of benzene rings is 2. The van der Waals surface area contributed by atoms with Crippen molar-refractivity contribution in [1.82, 2.24) is 35.0 Å². The number of nitrogens with zero attached hydrogens (tertiary/aromatic N) is 5. The third kappa shape index (κ3) is 6.56. The summed E-state index contributed by atoms with van der Waals surface area (Å²) in [4.78, 5) is 31.6. The van der Waals surface area contributed by atoms with Gasteiger partial charge in [-0.15, -0.1) is 0 Å². The Morgan fingerprint density at radius 1 is 0.851 bits per heavy atom. The van der Waals surface area contributed by atoms with Crippen LogP contribution in [0.15, 0.2) is 97.7 Å². The monoisotopic (exact) mass is 625 g/mol. The number of carbonyl (C=O) groups excluding carboxylic acids is 1. The number of aromatic amines is 2. The minimum Gasteiger partial charge on any atom is -0.384 e. The van der Waals surface area contributed by atoms with Gasteiger partial charge >= 0.3 is 0 Å². The van der Waals surface area contributed by atoms with Crippen LogP contribution in [0.1, 0.15) is 5.56 Å². The van der Waals surface area contributed by atoms with E-state index in [1.165, 1.54) is 12.1 Å². The number of pyridine rings is 3. The number of anilines is 2. The van der Waals surface area contributed by atoms with E-state index in [2.05, 4.69) is 45.7 Å². The molecule has 0 aliphatic rings. The fraction of sp³-hybridized carbons (Fsp3) is 0.139. The molecule has 5 heterocycles. The van der Waals surface area contributed by atoms with Crippen molar-refractivity contribution in [2.45, 2.75) is 6.42 Å². The number of halogens is 1. The number of rotatable bonds is 10. The van der Waals surface area contributed by atoms with Crippen LogP contribution in [0.5, 0.6) is 0 Å². The molecule has 1 amide bonds. The molecule has 47 heavy (non-hydrogen) atoms. The number of hydrogen-bond acceptors (Lipinski definition) is 7. The molecule has 0 saturated carbocycles. The van der Waals surface area contributed by atoms with Crippen molar-refractivity contribution in [1.29, 1.82) is 0 Å². The summed E-state index contributed by atoms with van der Waals surface area (Å²) in [6.07, 6.45) is 8.83. The number of hydrogen-bond donors (Lipinski definition) is 4. The number of fused-ring (bicyclic) bond motifs is 2. The van der Waals surface area contributed by atoms with Gasteiger partial charge in [0.2, 0.25) is 5.91 Å². The van der Waals surface area contributed by atoms with Crippen molar-refractivity contribution >= 4 is 39.1 Å². The van der Waals surface area contributed by atoms with Crippen LogP contribution in [-0.2, 0) is 11.2 Å². The number of aromatic nitrogens is 6. The second-order valence-corrected chi connectivity index (χ2v) is 11.7. The van der Waals surface area contributed by atoms with E-state index in [-0.39, 0.29) is 18.1 Å². The van der Waals surface area contributed by atoms with Crippen LogP contribution in [0.2, 0.25) is 0 Å². The molecule has 0 spiro atoms. The molecular formula is C36H32FN9O. The molecule has 5 aromatic heterocycles. The summed E-state index contributed by atoms with van der Waals surface area (Å²) in [6, 6.07) is 20.4. The molecule has 0 fully saturated rings. The Morgan fingerprint density at radius 2 is 1.68 bits per heavy atom. The smallest absolute Gasteiger partial charge is 0.228 e. The summed E-state index contributed by atoms with van der Waals surface area (Å²) in [5.74, 6) is -0.450. The maximum absolute atomic E-state index is 14.7. The van der Waals surface area contributed by atoms with E-state index >= 15 is 0 Å². The van der Waals surface area contributed by atoms with E-state index < -0.39 is 0 Å². The van der Waals surface area contributed by atoms with Gasteiger partial charge in [-0.05, 0) is 61.6 Å². The average Bonchev–Trinajstić information content (AvgIpc) is 3.69. The summed E-state index contributed by atoms with van der Waals surface area (Å²) in [5, 5.41) is 15.7. The summed E-state index contributed by atoms with van der Waals surface area (Å²) < 4.78 is 14.7. The third-order valence-corrected chi connectivity index (χ3v) is 7.87. The zero-order valence-electron chi connectivity index (χ0n) is 25.9. The maximum Gasteiger partial charge on any atom is 0.228 e. The molecule has 10 nitrogen and oxygen atoms in total. The lowest BCUT2D eigenvalue weighted by Crippen LogP contribution is -2.20. The van der Waals surface area contributed by atoms with Crippen molar-refractivity contribution in [3.8, 4) is 33.8 Å². The van der Waals surface area contributed by atoms with Crippen molar-refractivity contribution in [3.05, 3.63) is 109 Å². The van der Waals surface area contributed by atoms with Crippen LogP contribution < -0.4 is 10.6 Å². The summed E-state index contributed by atoms with van der Waals surface area (Å²) in [5.41, 5.74) is 8.24. The highest BCUT2D eigenvalue weighted by molar-refractivity contribution is 6.01. The Morgan fingerprint density at radius 3 is 2.53 bits per heavy atom. The normalized spacial score (nSPS) is 11.4. The van der Waals surface area contributed by atoms with E-state index in [4.69, 9.17) is 0 Å². The fourth-order valence-electron chi connectivity index (χ4n) is 5.59. The number of carbonyl (C=O) groups is 1. The van der Waals surface area contributed by atoms with Gasteiger partial charge in [-0.1, -0.05) is 30.3 Å². The molecule has 234 valence electrons. The molecule has 0 aliphatic heterocycles. The first-order valence-electron chi connectivity index (χ1n) is 15.2. The first-order chi connectivity index (χ1) is 22.9. The number of likely N-dealkylation sites (N-methyl/N-ethyl adjacent to an activating group) is 1. The summed E-state index contributed by atoms with van der Waals surface area (Å²) in [7, 11) is 4.00. The van der Waals surface area contributed by atoms with Gasteiger partial charge in [-0.25, -0.2) is 4.39 Å². The SMILES string of the molecule is CN(C)CCNc1cc(F)cc(-c2cncc3[nH]c(-c4n[nH]c5cnc(-c6cncc(NC(=O)Cc7ccccc7)c6)cc45)cc23)c1. The fourth-order valence-corrected chi connectivity index (χ4v) is 5.59. The Labute approximate surface area is 270 Å².